The van der Waals surface area contributed by atoms with Crippen molar-refractivity contribution in [2.75, 3.05) is 27.3 Å². The Morgan fingerprint density at radius 3 is 2.42 bits per heavy atom. The van der Waals surface area contributed by atoms with Crippen molar-refractivity contribution in [3.05, 3.63) is 35.6 Å². The van der Waals surface area contributed by atoms with Crippen LogP contribution < -0.4 is 5.32 Å². The zero-order valence-electron chi connectivity index (χ0n) is 19.3. The van der Waals surface area contributed by atoms with Gasteiger partial charge in [-0.05, 0) is 51.3 Å². The fraction of sp³-hybridized carbons (Fsp3) is 0.652. The molecule has 1 heterocycles. The lowest BCUT2D eigenvalue weighted by atomic mass is 9.94. The van der Waals surface area contributed by atoms with Crippen LogP contribution in [0.1, 0.15) is 39.7 Å². The van der Waals surface area contributed by atoms with Crippen LogP contribution in [0.15, 0.2) is 24.3 Å². The number of amides is 2. The van der Waals surface area contributed by atoms with Gasteiger partial charge in [0.1, 0.15) is 11.4 Å². The van der Waals surface area contributed by atoms with Crippen molar-refractivity contribution in [1.82, 2.24) is 10.2 Å². The van der Waals surface area contributed by atoms with Crippen LogP contribution in [0.2, 0.25) is 0 Å². The second kappa shape index (κ2) is 10.9. The average molecular weight is 439 g/mol. The molecule has 31 heavy (non-hydrogen) atoms. The highest BCUT2D eigenvalue weighted by molar-refractivity contribution is 5.79. The second-order valence-corrected chi connectivity index (χ2v) is 8.95. The van der Waals surface area contributed by atoms with Gasteiger partial charge in [0, 0.05) is 20.8 Å². The Labute approximate surface area is 184 Å². The fourth-order valence-corrected chi connectivity index (χ4v) is 3.82. The molecule has 0 spiro atoms. The Hall–Kier alpha value is -2.19. The van der Waals surface area contributed by atoms with Crippen LogP contribution in [-0.4, -0.2) is 68.1 Å². The highest BCUT2D eigenvalue weighted by Crippen LogP contribution is 2.29. The number of nitrogens with zero attached hydrogens (tertiary/aromatic N) is 1. The predicted octanol–water partition coefficient (Wildman–Crippen LogP) is 3.16. The summed E-state index contributed by atoms with van der Waals surface area (Å²) in [6, 6.07) is 5.86. The van der Waals surface area contributed by atoms with Gasteiger partial charge < -0.3 is 19.5 Å². The van der Waals surface area contributed by atoms with Crippen LogP contribution in [-0.2, 0) is 25.4 Å². The van der Waals surface area contributed by atoms with Crippen molar-refractivity contribution in [3.8, 4) is 0 Å². The second-order valence-electron chi connectivity index (χ2n) is 8.95. The van der Waals surface area contributed by atoms with Crippen molar-refractivity contribution >= 4 is 12.0 Å². The number of rotatable bonds is 8. The zero-order valence-corrected chi connectivity index (χ0v) is 19.3. The van der Waals surface area contributed by atoms with E-state index in [-0.39, 0.29) is 23.9 Å². The summed E-state index contributed by atoms with van der Waals surface area (Å²) in [6.45, 7) is 8.04. The molecular weight excluding hydrogens is 403 g/mol. The minimum absolute atomic E-state index is 0.149. The van der Waals surface area contributed by atoms with Gasteiger partial charge >= 0.3 is 6.09 Å². The lowest BCUT2D eigenvalue weighted by molar-refractivity contribution is -0.130. The molecule has 174 valence electrons. The lowest BCUT2D eigenvalue weighted by Crippen LogP contribution is -2.50. The third-order valence-electron chi connectivity index (χ3n) is 5.45. The molecule has 4 atom stereocenters. The molecule has 2 amide bonds. The number of benzene rings is 1. The number of ether oxygens (including phenoxy) is 3. The standard InChI is InChI=1S/C23H35FN2O5/c1-15(21(27)25-12-11-16-7-9-17(24)10-8-16)20(30-6)19-13-18(29-5)14-26(19)22(28)31-23(2,3)4/h7-10,15,18-20H,11-14H2,1-6H3,(H,25,27)/t15-,18-,19?,20-/m1/s1. The van der Waals surface area contributed by atoms with Crippen LogP contribution in [0.5, 0.6) is 0 Å². The normalized spacial score (nSPS) is 20.9. The summed E-state index contributed by atoms with van der Waals surface area (Å²) < 4.78 is 29.7. The SMILES string of the molecule is CO[C@@H]1CC([C@H](OC)[C@@H](C)C(=O)NCCc2ccc(F)cc2)N(C(=O)OC(C)(C)C)C1. The molecular formula is C23H35FN2O5. The largest absolute Gasteiger partial charge is 0.444 e. The van der Waals surface area contributed by atoms with Gasteiger partial charge in [-0.1, -0.05) is 19.1 Å². The highest BCUT2D eigenvalue weighted by atomic mass is 19.1. The van der Waals surface area contributed by atoms with E-state index >= 15 is 0 Å². The number of likely N-dealkylation sites (tertiary alicyclic amines) is 1. The molecule has 1 aromatic rings. The van der Waals surface area contributed by atoms with Gasteiger partial charge in [-0.3, -0.25) is 9.69 Å². The van der Waals surface area contributed by atoms with Crippen LogP contribution in [0.4, 0.5) is 9.18 Å². The summed E-state index contributed by atoms with van der Waals surface area (Å²) in [7, 11) is 3.15. The molecule has 1 aliphatic heterocycles. The van der Waals surface area contributed by atoms with Gasteiger partial charge in [0.15, 0.2) is 0 Å². The summed E-state index contributed by atoms with van der Waals surface area (Å²) in [4.78, 5) is 27.2. The third kappa shape index (κ3) is 7.18. The summed E-state index contributed by atoms with van der Waals surface area (Å²) in [5.74, 6) is -0.951. The Kier molecular flexibility index (Phi) is 8.82. The molecule has 0 saturated carbocycles. The maximum absolute atomic E-state index is 13.0. The summed E-state index contributed by atoms with van der Waals surface area (Å²) >= 11 is 0. The van der Waals surface area contributed by atoms with E-state index < -0.39 is 23.7 Å². The first-order chi connectivity index (χ1) is 14.6. The molecule has 8 heteroatoms. The molecule has 1 fully saturated rings. The Morgan fingerprint density at radius 1 is 1.23 bits per heavy atom. The molecule has 0 aliphatic carbocycles. The number of methoxy groups -OCH3 is 2. The average Bonchev–Trinajstić information content (AvgIpc) is 3.13. The Morgan fingerprint density at radius 2 is 1.87 bits per heavy atom. The molecule has 1 saturated heterocycles. The number of carbonyl (C=O) groups excluding carboxylic acids is 2. The Bertz CT molecular complexity index is 734. The molecule has 0 bridgehead atoms. The summed E-state index contributed by atoms with van der Waals surface area (Å²) in [5.41, 5.74) is 0.311. The van der Waals surface area contributed by atoms with E-state index in [1.165, 1.54) is 12.1 Å². The Balaban J connectivity index is 2.01. The topological polar surface area (TPSA) is 77.1 Å². The first-order valence-corrected chi connectivity index (χ1v) is 10.6. The smallest absolute Gasteiger partial charge is 0.410 e. The maximum atomic E-state index is 13.0. The highest BCUT2D eigenvalue weighted by Gasteiger charge is 2.45. The van der Waals surface area contributed by atoms with Gasteiger partial charge in [-0.25, -0.2) is 9.18 Å². The van der Waals surface area contributed by atoms with Crippen LogP contribution in [0.3, 0.4) is 0 Å². The van der Waals surface area contributed by atoms with Gasteiger partial charge in [0.25, 0.3) is 0 Å². The van der Waals surface area contributed by atoms with Gasteiger partial charge in [-0.15, -0.1) is 0 Å². The molecule has 0 aromatic heterocycles. The van der Waals surface area contributed by atoms with Gasteiger partial charge in [0.2, 0.25) is 5.91 Å². The van der Waals surface area contributed by atoms with Crippen LogP contribution >= 0.6 is 0 Å². The predicted molar refractivity (Wildman–Crippen MR) is 115 cm³/mol. The summed E-state index contributed by atoms with van der Waals surface area (Å²) in [6.07, 6.45) is 0.0438. The molecule has 2 rings (SSSR count). The number of carbonyl (C=O) groups is 2. The molecule has 1 N–H and O–H groups in total. The molecule has 1 aromatic carbocycles. The van der Waals surface area contributed by atoms with E-state index in [4.69, 9.17) is 14.2 Å². The van der Waals surface area contributed by atoms with Crippen LogP contribution in [0, 0.1) is 11.7 Å². The van der Waals surface area contributed by atoms with Gasteiger partial charge in [-0.2, -0.15) is 0 Å². The lowest BCUT2D eigenvalue weighted by Gasteiger charge is -2.34. The number of hydrogen-bond acceptors (Lipinski definition) is 5. The van der Waals surface area contributed by atoms with Crippen molar-refractivity contribution in [2.45, 2.75) is 64.4 Å². The fourth-order valence-electron chi connectivity index (χ4n) is 3.82. The monoisotopic (exact) mass is 438 g/mol. The van der Waals surface area contributed by atoms with E-state index in [2.05, 4.69) is 5.32 Å². The number of nitrogens with one attached hydrogen (secondary N) is 1. The van der Waals surface area contributed by atoms with E-state index in [1.807, 2.05) is 20.8 Å². The quantitative estimate of drug-likeness (QED) is 0.675. The van der Waals surface area contributed by atoms with Crippen molar-refractivity contribution < 1.29 is 28.2 Å². The molecule has 0 radical (unpaired) electrons. The number of halogens is 1. The molecule has 1 unspecified atom stereocenters. The minimum atomic E-state index is -0.626. The van der Waals surface area contributed by atoms with E-state index in [1.54, 1.807) is 38.2 Å². The van der Waals surface area contributed by atoms with Crippen LogP contribution in [0.25, 0.3) is 0 Å². The number of hydrogen-bond donors (Lipinski definition) is 1. The first kappa shape index (κ1) is 25.1. The zero-order chi connectivity index (χ0) is 23.2. The summed E-state index contributed by atoms with van der Waals surface area (Å²) in [5, 5.41) is 2.91. The van der Waals surface area contributed by atoms with E-state index in [0.717, 1.165) is 5.56 Å². The first-order valence-electron chi connectivity index (χ1n) is 10.6. The molecule has 7 nitrogen and oxygen atoms in total. The van der Waals surface area contributed by atoms with Crippen molar-refractivity contribution in [1.29, 1.82) is 0 Å². The van der Waals surface area contributed by atoms with Crippen molar-refractivity contribution in [2.24, 2.45) is 5.92 Å². The molecule has 1 aliphatic rings. The van der Waals surface area contributed by atoms with E-state index in [9.17, 15) is 14.0 Å². The maximum Gasteiger partial charge on any atom is 0.410 e. The van der Waals surface area contributed by atoms with Crippen molar-refractivity contribution in [3.63, 3.8) is 0 Å². The third-order valence-corrected chi connectivity index (χ3v) is 5.45. The minimum Gasteiger partial charge on any atom is -0.444 e. The van der Waals surface area contributed by atoms with Gasteiger partial charge in [0.05, 0.1) is 30.7 Å². The van der Waals surface area contributed by atoms with E-state index in [0.29, 0.717) is 25.9 Å².